The van der Waals surface area contributed by atoms with Crippen molar-refractivity contribution in [2.75, 3.05) is 14.2 Å². The van der Waals surface area contributed by atoms with Crippen molar-refractivity contribution < 1.29 is 14.6 Å². The number of aliphatic imine (C=N–C) groups is 1. The quantitative estimate of drug-likeness (QED) is 0.586. The summed E-state index contributed by atoms with van der Waals surface area (Å²) in [5, 5.41) is 14.6. The Morgan fingerprint density at radius 3 is 2.47 bits per heavy atom. The zero-order chi connectivity index (χ0) is 21.1. The molecule has 6 heteroatoms. The zero-order valence-electron chi connectivity index (χ0n) is 16.8. The van der Waals surface area contributed by atoms with Gasteiger partial charge in [-0.25, -0.2) is 0 Å². The standard InChI is InChI=1S/C24H23ClN2O3/c1-29-22-11-8-16(12-23(22)30-2)24-26-19(15-6-4-3-5-7-15)14-20(27-24)18-13-17(25)9-10-21(18)28/h3-13,20,24,27-28H,14H2,1-2H3/t20-,24+/m1/s1. The average molecular weight is 423 g/mol. The van der Waals surface area contributed by atoms with E-state index in [2.05, 4.69) is 5.32 Å². The molecule has 1 aliphatic heterocycles. The Morgan fingerprint density at radius 2 is 1.73 bits per heavy atom. The van der Waals surface area contributed by atoms with Gasteiger partial charge in [-0.05, 0) is 41.5 Å². The van der Waals surface area contributed by atoms with E-state index in [1.165, 1.54) is 0 Å². The van der Waals surface area contributed by atoms with Gasteiger partial charge in [-0.3, -0.25) is 10.3 Å². The molecule has 0 aromatic heterocycles. The van der Waals surface area contributed by atoms with Gasteiger partial charge >= 0.3 is 0 Å². The molecule has 0 amide bonds. The fourth-order valence-electron chi connectivity index (χ4n) is 3.71. The summed E-state index contributed by atoms with van der Waals surface area (Å²) >= 11 is 6.22. The smallest absolute Gasteiger partial charge is 0.161 e. The van der Waals surface area contributed by atoms with Crippen LogP contribution in [0, 0.1) is 0 Å². The molecule has 0 unspecified atom stereocenters. The highest BCUT2D eigenvalue weighted by molar-refractivity contribution is 6.30. The number of aromatic hydroxyl groups is 1. The Labute approximate surface area is 180 Å². The van der Waals surface area contributed by atoms with Crippen LogP contribution < -0.4 is 14.8 Å². The van der Waals surface area contributed by atoms with Crippen molar-refractivity contribution in [2.45, 2.75) is 18.6 Å². The van der Waals surface area contributed by atoms with E-state index in [9.17, 15) is 5.11 Å². The van der Waals surface area contributed by atoms with Crippen molar-refractivity contribution >= 4 is 17.3 Å². The van der Waals surface area contributed by atoms with Crippen molar-refractivity contribution in [2.24, 2.45) is 4.99 Å². The summed E-state index contributed by atoms with van der Waals surface area (Å²) in [5.41, 5.74) is 3.69. The lowest BCUT2D eigenvalue weighted by Gasteiger charge is -2.31. The van der Waals surface area contributed by atoms with Crippen LogP contribution in [0.3, 0.4) is 0 Å². The number of phenolic OH excluding ortho intramolecular Hbond substituents is 1. The molecule has 5 nitrogen and oxygen atoms in total. The first-order valence-corrected chi connectivity index (χ1v) is 10.1. The van der Waals surface area contributed by atoms with Gasteiger partial charge in [0, 0.05) is 28.8 Å². The fourth-order valence-corrected chi connectivity index (χ4v) is 3.89. The first-order valence-electron chi connectivity index (χ1n) is 9.67. The van der Waals surface area contributed by atoms with Crippen molar-refractivity contribution in [3.05, 3.63) is 88.4 Å². The van der Waals surface area contributed by atoms with Gasteiger partial charge in [0.1, 0.15) is 11.9 Å². The molecule has 0 radical (unpaired) electrons. The van der Waals surface area contributed by atoms with Crippen LogP contribution >= 0.6 is 11.6 Å². The number of nitrogens with zero attached hydrogens (tertiary/aromatic N) is 1. The molecular weight excluding hydrogens is 400 g/mol. The zero-order valence-corrected chi connectivity index (χ0v) is 17.6. The SMILES string of the molecule is COc1ccc([C@H]2N=C(c3ccccc3)C[C@H](c3cc(Cl)ccc3O)N2)cc1OC. The summed E-state index contributed by atoms with van der Waals surface area (Å²) < 4.78 is 10.8. The first kappa shape index (κ1) is 20.3. The molecule has 30 heavy (non-hydrogen) atoms. The number of phenols is 1. The molecule has 0 aliphatic carbocycles. The normalized spacial score (nSPS) is 18.6. The summed E-state index contributed by atoms with van der Waals surface area (Å²) in [7, 11) is 3.22. The van der Waals surface area contributed by atoms with Crippen molar-refractivity contribution in [1.29, 1.82) is 0 Å². The lowest BCUT2D eigenvalue weighted by atomic mass is 9.93. The molecule has 0 saturated heterocycles. The van der Waals surface area contributed by atoms with Crippen LogP contribution in [0.2, 0.25) is 5.02 Å². The summed E-state index contributed by atoms with van der Waals surface area (Å²) in [6.07, 6.45) is 0.305. The van der Waals surface area contributed by atoms with Gasteiger partial charge in [0.2, 0.25) is 0 Å². The van der Waals surface area contributed by atoms with Crippen molar-refractivity contribution in [3.63, 3.8) is 0 Å². The van der Waals surface area contributed by atoms with Crippen LogP contribution in [0.15, 0.2) is 71.7 Å². The summed E-state index contributed by atoms with van der Waals surface area (Å²) in [4.78, 5) is 4.98. The molecule has 0 saturated carbocycles. The average Bonchev–Trinajstić information content (AvgIpc) is 2.80. The monoisotopic (exact) mass is 422 g/mol. The molecule has 1 heterocycles. The second kappa shape index (κ2) is 8.78. The van der Waals surface area contributed by atoms with Gasteiger partial charge in [-0.15, -0.1) is 0 Å². The molecule has 2 atom stereocenters. The Morgan fingerprint density at radius 1 is 0.967 bits per heavy atom. The van der Waals surface area contributed by atoms with E-state index in [-0.39, 0.29) is 18.0 Å². The molecule has 1 aliphatic rings. The number of ether oxygens (including phenoxy) is 2. The van der Waals surface area contributed by atoms with E-state index >= 15 is 0 Å². The molecular formula is C24H23ClN2O3. The number of halogens is 1. The predicted octanol–water partition coefficient (Wildman–Crippen LogP) is 5.29. The van der Waals surface area contributed by atoms with Crippen LogP contribution in [0.4, 0.5) is 0 Å². The summed E-state index contributed by atoms with van der Waals surface area (Å²) in [6.45, 7) is 0. The number of methoxy groups -OCH3 is 2. The number of hydrogen-bond donors (Lipinski definition) is 2. The maximum absolute atomic E-state index is 10.5. The lowest BCUT2D eigenvalue weighted by molar-refractivity contribution is 0.353. The third-order valence-corrected chi connectivity index (χ3v) is 5.47. The van der Waals surface area contributed by atoms with Gasteiger partial charge in [0.15, 0.2) is 11.5 Å². The van der Waals surface area contributed by atoms with Gasteiger partial charge in [-0.1, -0.05) is 48.0 Å². The van der Waals surface area contributed by atoms with Crippen LogP contribution in [0.5, 0.6) is 17.2 Å². The Kier molecular flexibility index (Phi) is 5.93. The van der Waals surface area contributed by atoms with Crippen molar-refractivity contribution in [1.82, 2.24) is 5.32 Å². The number of nitrogens with one attached hydrogen (secondary N) is 1. The molecule has 0 spiro atoms. The van der Waals surface area contributed by atoms with Gasteiger partial charge < -0.3 is 14.6 Å². The number of hydrogen-bond acceptors (Lipinski definition) is 5. The third kappa shape index (κ3) is 4.13. The fraction of sp³-hybridized carbons (Fsp3) is 0.208. The molecule has 154 valence electrons. The lowest BCUT2D eigenvalue weighted by Crippen LogP contribution is -2.33. The molecule has 2 N–H and O–H groups in total. The Balaban J connectivity index is 1.77. The van der Waals surface area contributed by atoms with Crippen molar-refractivity contribution in [3.8, 4) is 17.2 Å². The second-order valence-corrected chi connectivity index (χ2v) is 7.52. The predicted molar refractivity (Wildman–Crippen MR) is 119 cm³/mol. The molecule has 4 rings (SSSR count). The van der Waals surface area contributed by atoms with Crippen LogP contribution in [-0.2, 0) is 0 Å². The van der Waals surface area contributed by atoms with Crippen LogP contribution in [-0.4, -0.2) is 25.0 Å². The van der Waals surface area contributed by atoms with E-state index in [1.54, 1.807) is 32.4 Å². The minimum absolute atomic E-state index is 0.158. The van der Waals surface area contributed by atoms with Gasteiger partial charge in [0.05, 0.1) is 14.2 Å². The maximum Gasteiger partial charge on any atom is 0.161 e. The van der Waals surface area contributed by atoms with E-state index in [0.29, 0.717) is 22.9 Å². The highest BCUT2D eigenvalue weighted by Gasteiger charge is 2.28. The third-order valence-electron chi connectivity index (χ3n) is 5.24. The van der Waals surface area contributed by atoms with Gasteiger partial charge in [-0.2, -0.15) is 0 Å². The minimum atomic E-state index is -0.322. The largest absolute Gasteiger partial charge is 0.508 e. The molecule has 3 aromatic rings. The minimum Gasteiger partial charge on any atom is -0.508 e. The summed E-state index contributed by atoms with van der Waals surface area (Å²) in [6, 6.07) is 20.8. The van der Waals surface area contributed by atoms with E-state index in [1.807, 2.05) is 48.5 Å². The Hall–Kier alpha value is -3.02. The van der Waals surface area contributed by atoms with E-state index in [4.69, 9.17) is 26.1 Å². The molecule has 0 fully saturated rings. The van der Waals surface area contributed by atoms with E-state index in [0.717, 1.165) is 22.4 Å². The van der Waals surface area contributed by atoms with E-state index < -0.39 is 0 Å². The first-order chi connectivity index (χ1) is 14.6. The van der Waals surface area contributed by atoms with Gasteiger partial charge in [0.25, 0.3) is 0 Å². The van der Waals surface area contributed by atoms with Crippen LogP contribution in [0.1, 0.15) is 35.3 Å². The highest BCUT2D eigenvalue weighted by Crippen LogP contribution is 2.37. The van der Waals surface area contributed by atoms with Crippen LogP contribution in [0.25, 0.3) is 0 Å². The maximum atomic E-state index is 10.5. The molecule has 0 bridgehead atoms. The highest BCUT2D eigenvalue weighted by atomic mass is 35.5. The molecule has 3 aromatic carbocycles. The Bertz CT molecular complexity index is 1070. The number of benzene rings is 3. The second-order valence-electron chi connectivity index (χ2n) is 7.09. The topological polar surface area (TPSA) is 63.1 Å². The summed E-state index contributed by atoms with van der Waals surface area (Å²) in [5.74, 6) is 1.51. The number of rotatable bonds is 5.